The van der Waals surface area contributed by atoms with Crippen molar-refractivity contribution in [3.05, 3.63) is 58.1 Å². The summed E-state index contributed by atoms with van der Waals surface area (Å²) >= 11 is 0. The van der Waals surface area contributed by atoms with Gasteiger partial charge in [0, 0.05) is 0 Å². The molecule has 0 aromatic heterocycles. The van der Waals surface area contributed by atoms with Crippen molar-refractivity contribution in [2.45, 2.75) is 40.0 Å². The first-order valence-electron chi connectivity index (χ1n) is 8.54. The van der Waals surface area contributed by atoms with Gasteiger partial charge in [-0.15, -0.1) is 0 Å². The molecule has 0 radical (unpaired) electrons. The van der Waals surface area contributed by atoms with Crippen molar-refractivity contribution in [2.24, 2.45) is 0 Å². The minimum atomic E-state index is -2.48. The molecule has 0 saturated heterocycles. The van der Waals surface area contributed by atoms with Gasteiger partial charge in [-0.05, 0) is 72.2 Å². The smallest absolute Gasteiger partial charge is 0.192 e. The van der Waals surface area contributed by atoms with Crippen LogP contribution in [0.25, 0.3) is 0 Å². The summed E-state index contributed by atoms with van der Waals surface area (Å²) in [5.74, 6) is 1.35. The zero-order valence-corrected chi connectivity index (χ0v) is 16.3. The second kappa shape index (κ2) is 8.55. The number of phenols is 1. The largest absolute Gasteiger partial charge is 0.508 e. The van der Waals surface area contributed by atoms with Crippen LogP contribution in [0, 0.1) is 13.8 Å². The third-order valence-electron chi connectivity index (χ3n) is 4.35. The fourth-order valence-corrected chi connectivity index (χ4v) is 3.23. The molecule has 0 saturated carbocycles. The van der Waals surface area contributed by atoms with Gasteiger partial charge in [0.1, 0.15) is 11.5 Å². The molecule has 2 aromatic carbocycles. The summed E-state index contributed by atoms with van der Waals surface area (Å²) < 4.78 is 16.3. The molecule has 0 aliphatic heterocycles. The number of aryl methyl sites for hydroxylation is 2. The van der Waals surface area contributed by atoms with Crippen molar-refractivity contribution in [3.63, 3.8) is 0 Å². The Kier molecular flexibility index (Phi) is 6.69. The van der Waals surface area contributed by atoms with Crippen molar-refractivity contribution in [2.75, 3.05) is 12.8 Å². The van der Waals surface area contributed by atoms with E-state index in [-0.39, 0.29) is 18.7 Å². The number of hydrogen-bond acceptors (Lipinski definition) is 3. The maximum atomic E-state index is 10.8. The zero-order chi connectivity index (χ0) is 18.6. The molecule has 0 fully saturated rings. The van der Waals surface area contributed by atoms with Gasteiger partial charge in [0.15, 0.2) is 8.03 Å². The molecule has 0 spiro atoms. The maximum Gasteiger partial charge on any atom is 0.192 e. The van der Waals surface area contributed by atoms with Crippen LogP contribution in [-0.2, 0) is 11.0 Å². The summed E-state index contributed by atoms with van der Waals surface area (Å²) in [6.45, 7) is 8.49. The van der Waals surface area contributed by atoms with Gasteiger partial charge in [-0.1, -0.05) is 26.0 Å². The molecule has 1 atom stereocenters. The van der Waals surface area contributed by atoms with Crippen LogP contribution < -0.4 is 4.74 Å². The van der Waals surface area contributed by atoms with Crippen molar-refractivity contribution in [1.82, 2.24) is 0 Å². The molecule has 0 aliphatic carbocycles. The van der Waals surface area contributed by atoms with Crippen molar-refractivity contribution in [3.8, 4) is 11.5 Å². The topological polar surface area (TPSA) is 66.8 Å². The molecule has 0 amide bonds. The average Bonchev–Trinajstić information content (AvgIpc) is 2.51. The van der Waals surface area contributed by atoms with E-state index in [0.717, 1.165) is 28.9 Å². The summed E-state index contributed by atoms with van der Waals surface area (Å²) in [6.07, 6.45) is 0.971. The van der Waals surface area contributed by atoms with E-state index in [4.69, 9.17) is 9.63 Å². The minimum absolute atomic E-state index is 0.177. The summed E-state index contributed by atoms with van der Waals surface area (Å²) in [6, 6.07) is 9.75. The van der Waals surface area contributed by atoms with Gasteiger partial charge in [0.05, 0.1) is 12.8 Å². The van der Waals surface area contributed by atoms with Gasteiger partial charge >= 0.3 is 0 Å². The molecule has 136 valence electrons. The molecule has 0 heterocycles. The summed E-state index contributed by atoms with van der Waals surface area (Å²) in [5.41, 5.74) is 5.63. The molecule has 0 aliphatic rings. The van der Waals surface area contributed by atoms with Gasteiger partial charge in [-0.2, -0.15) is 0 Å². The quantitative estimate of drug-likeness (QED) is 0.708. The molecule has 25 heavy (non-hydrogen) atoms. The summed E-state index contributed by atoms with van der Waals surface area (Å²) in [7, 11) is -2.48. The Morgan fingerprint density at radius 3 is 2.32 bits per heavy atom. The molecule has 2 N–H and O–H groups in total. The van der Waals surface area contributed by atoms with Gasteiger partial charge < -0.3 is 14.7 Å². The molecule has 2 aromatic rings. The summed E-state index contributed by atoms with van der Waals surface area (Å²) in [5, 5.41) is 9.98. The van der Waals surface area contributed by atoms with Crippen LogP contribution in [0.15, 0.2) is 30.3 Å². The number of hydrogen-bond donors (Lipinski definition) is 2. The third-order valence-corrected chi connectivity index (χ3v) is 4.98. The number of ether oxygens (including phenoxy) is 1. The molecule has 1 unspecified atom stereocenters. The predicted molar refractivity (Wildman–Crippen MR) is 103 cm³/mol. The fourth-order valence-electron chi connectivity index (χ4n) is 2.95. The van der Waals surface area contributed by atoms with Crippen molar-refractivity contribution < 1.29 is 19.3 Å². The van der Waals surface area contributed by atoms with Crippen molar-refractivity contribution >= 4 is 8.03 Å². The van der Waals surface area contributed by atoms with Crippen LogP contribution in [0.3, 0.4) is 0 Å². The lowest BCUT2D eigenvalue weighted by molar-refractivity contribution is 0.337. The Morgan fingerprint density at radius 2 is 1.76 bits per heavy atom. The first kappa shape index (κ1) is 19.6. The standard InChI is InChI=1S/C20H27O4P/c1-13(2)18-11-16(5-6-20(18)21)12-19-14(3)9-17(10-15(19)4)24-7-8-25(22)23/h5-6,9-11,13,21,25H,7-8,12H2,1-4H3,(H,22,23). The first-order valence-corrected chi connectivity index (χ1v) is 10.1. The van der Waals surface area contributed by atoms with Crippen LogP contribution >= 0.6 is 8.03 Å². The maximum absolute atomic E-state index is 10.8. The lowest BCUT2D eigenvalue weighted by atomic mass is 9.93. The number of aromatic hydroxyl groups is 1. The van der Waals surface area contributed by atoms with E-state index < -0.39 is 8.03 Å². The Labute approximate surface area is 150 Å². The molecular formula is C20H27O4P. The van der Waals surface area contributed by atoms with E-state index in [1.165, 1.54) is 11.1 Å². The highest BCUT2D eigenvalue weighted by Gasteiger charge is 2.11. The number of benzene rings is 2. The third kappa shape index (κ3) is 5.35. The lowest BCUT2D eigenvalue weighted by Gasteiger charge is -2.15. The molecule has 4 nitrogen and oxygen atoms in total. The van der Waals surface area contributed by atoms with Gasteiger partial charge in [-0.25, -0.2) is 0 Å². The van der Waals surface area contributed by atoms with E-state index in [9.17, 15) is 9.67 Å². The Morgan fingerprint density at radius 1 is 1.12 bits per heavy atom. The van der Waals surface area contributed by atoms with Gasteiger partial charge in [0.2, 0.25) is 0 Å². The van der Waals surface area contributed by atoms with E-state index in [1.807, 2.05) is 32.0 Å². The van der Waals surface area contributed by atoms with E-state index >= 15 is 0 Å². The van der Waals surface area contributed by atoms with Crippen LogP contribution in [0.5, 0.6) is 11.5 Å². The van der Waals surface area contributed by atoms with E-state index in [1.54, 1.807) is 6.07 Å². The van der Waals surface area contributed by atoms with Crippen molar-refractivity contribution in [1.29, 1.82) is 0 Å². The zero-order valence-electron chi connectivity index (χ0n) is 15.3. The molecule has 0 bridgehead atoms. The van der Waals surface area contributed by atoms with Gasteiger partial charge in [0.25, 0.3) is 0 Å². The van der Waals surface area contributed by atoms with E-state index in [0.29, 0.717) is 5.75 Å². The number of phenolic OH excluding ortho intramolecular Hbond substituents is 1. The summed E-state index contributed by atoms with van der Waals surface area (Å²) in [4.78, 5) is 8.88. The molecular weight excluding hydrogens is 335 g/mol. The second-order valence-corrected chi connectivity index (χ2v) is 8.04. The average molecular weight is 362 g/mol. The SMILES string of the molecule is Cc1cc(OCC[PH](=O)O)cc(C)c1Cc1ccc(O)c(C(C)C)c1. The molecule has 2 rings (SSSR count). The lowest BCUT2D eigenvalue weighted by Crippen LogP contribution is -2.03. The van der Waals surface area contributed by atoms with Crippen LogP contribution in [-0.4, -0.2) is 22.8 Å². The monoisotopic (exact) mass is 362 g/mol. The normalized spacial score (nSPS) is 12.4. The fraction of sp³-hybridized carbons (Fsp3) is 0.400. The van der Waals surface area contributed by atoms with Crippen LogP contribution in [0.2, 0.25) is 0 Å². The van der Waals surface area contributed by atoms with E-state index in [2.05, 4.69) is 19.9 Å². The second-order valence-electron chi connectivity index (χ2n) is 6.75. The minimum Gasteiger partial charge on any atom is -0.508 e. The van der Waals surface area contributed by atoms with Crippen LogP contribution in [0.1, 0.15) is 47.6 Å². The molecule has 5 heteroatoms. The number of rotatable bonds is 7. The van der Waals surface area contributed by atoms with Crippen LogP contribution in [0.4, 0.5) is 0 Å². The predicted octanol–water partition coefficient (Wildman–Crippen LogP) is 4.57. The highest BCUT2D eigenvalue weighted by Crippen LogP contribution is 2.29. The highest BCUT2D eigenvalue weighted by molar-refractivity contribution is 7.38. The highest BCUT2D eigenvalue weighted by atomic mass is 31.1. The first-order chi connectivity index (χ1) is 11.8. The Hall–Kier alpha value is -1.77. The Bertz CT molecular complexity index is 745. The Balaban J connectivity index is 2.20. The van der Waals surface area contributed by atoms with Gasteiger partial charge in [-0.3, -0.25) is 4.57 Å².